The number of fused-ring (bicyclic) bond motifs is 5. The Hall–Kier alpha value is -1.26. The molecule has 7 unspecified atom stereocenters. The first-order chi connectivity index (χ1) is 18.0. The van der Waals surface area contributed by atoms with Gasteiger partial charge < -0.3 is 10.2 Å². The van der Waals surface area contributed by atoms with Crippen LogP contribution in [0.2, 0.25) is 0 Å². The predicted octanol–water partition coefficient (Wildman–Crippen LogP) is 8.56. The molecule has 0 spiro atoms. The van der Waals surface area contributed by atoms with E-state index < -0.39 is 0 Å². The molecular weight excluding hydrogens is 494 g/mol. The van der Waals surface area contributed by atoms with E-state index in [1.165, 1.54) is 67.5 Å². The fraction of sp³-hybridized carbons (Fsp3) is 0.771. The van der Waals surface area contributed by atoms with Crippen molar-refractivity contribution in [2.45, 2.75) is 118 Å². The van der Waals surface area contributed by atoms with Crippen LogP contribution < -0.4 is 5.32 Å². The molecule has 0 amide bonds. The summed E-state index contributed by atoms with van der Waals surface area (Å²) >= 11 is 5.57. The van der Waals surface area contributed by atoms with Crippen molar-refractivity contribution in [2.75, 3.05) is 19.6 Å². The normalized spacial score (nSPS) is 38.1. The van der Waals surface area contributed by atoms with Crippen LogP contribution in [0.1, 0.15) is 106 Å². The van der Waals surface area contributed by atoms with E-state index in [1.54, 1.807) is 5.57 Å². The van der Waals surface area contributed by atoms with Crippen molar-refractivity contribution < 1.29 is 0 Å². The highest BCUT2D eigenvalue weighted by Gasteiger charge is 2.59. The van der Waals surface area contributed by atoms with Crippen molar-refractivity contribution in [3.8, 4) is 0 Å². The Bertz CT molecular complexity index is 1020. The lowest BCUT2D eigenvalue weighted by Gasteiger charge is -2.58. The van der Waals surface area contributed by atoms with Crippen LogP contribution >= 0.6 is 12.2 Å². The molecule has 218 valence electrons. The zero-order valence-electron chi connectivity index (χ0n) is 25.0. The molecule has 0 aromatic heterocycles. The standard InChI is InChI=1S/C34H53N3S.CH4/c1-22(2)37(19-15-31-32(38)14-18-35-31)24(4)21-36-25(5)28-10-11-29-27-9-8-26-20-23(3)12-16-33(26,6)30(27)13-17-34(28,29)7;/h20,22,27-31,35H,3-4,8-19,21H2,1-2,5-7H3;1H4. The number of aliphatic imine (C=N–C) groups is 1. The number of rotatable bonds is 8. The third-order valence-electron chi connectivity index (χ3n) is 11.9. The smallest absolute Gasteiger partial charge is 0.0781 e. The van der Waals surface area contributed by atoms with Gasteiger partial charge in [-0.2, -0.15) is 0 Å². The monoisotopic (exact) mass is 551 g/mol. The first-order valence-electron chi connectivity index (χ1n) is 15.6. The minimum atomic E-state index is 0. The van der Waals surface area contributed by atoms with Crippen LogP contribution in [0.15, 0.2) is 41.1 Å². The summed E-state index contributed by atoms with van der Waals surface area (Å²) in [7, 11) is 0. The number of hydrogen-bond donors (Lipinski definition) is 1. The molecule has 3 saturated carbocycles. The maximum atomic E-state index is 5.57. The maximum absolute atomic E-state index is 5.57. The Morgan fingerprint density at radius 1 is 1.13 bits per heavy atom. The van der Waals surface area contributed by atoms with Gasteiger partial charge in [-0.25, -0.2) is 0 Å². The minimum Gasteiger partial charge on any atom is -0.371 e. The third-order valence-corrected chi connectivity index (χ3v) is 12.4. The van der Waals surface area contributed by atoms with Crippen molar-refractivity contribution in [3.05, 3.63) is 36.1 Å². The molecular formula is C35H57N3S. The van der Waals surface area contributed by atoms with E-state index in [-0.39, 0.29) is 7.43 Å². The Morgan fingerprint density at radius 2 is 1.90 bits per heavy atom. The molecule has 0 aromatic rings. The molecule has 3 nitrogen and oxygen atoms in total. The molecule has 4 fully saturated rings. The molecule has 4 aliphatic carbocycles. The predicted molar refractivity (Wildman–Crippen MR) is 174 cm³/mol. The largest absolute Gasteiger partial charge is 0.371 e. The molecule has 5 rings (SSSR count). The van der Waals surface area contributed by atoms with Gasteiger partial charge in [0.05, 0.1) is 6.54 Å². The average molecular weight is 552 g/mol. The van der Waals surface area contributed by atoms with Crippen LogP contribution in [0.3, 0.4) is 0 Å². The molecule has 1 aliphatic heterocycles. The van der Waals surface area contributed by atoms with Gasteiger partial charge in [0.1, 0.15) is 0 Å². The summed E-state index contributed by atoms with van der Waals surface area (Å²) in [6, 6.07) is 0.816. The molecule has 1 N–H and O–H groups in total. The summed E-state index contributed by atoms with van der Waals surface area (Å²) in [6.45, 7) is 23.7. The van der Waals surface area contributed by atoms with E-state index in [4.69, 9.17) is 17.2 Å². The summed E-state index contributed by atoms with van der Waals surface area (Å²) in [5.41, 5.74) is 6.46. The highest BCUT2D eigenvalue weighted by molar-refractivity contribution is 7.80. The zero-order chi connectivity index (χ0) is 27.2. The lowest BCUT2D eigenvalue weighted by Crippen LogP contribution is -2.50. The van der Waals surface area contributed by atoms with E-state index in [0.29, 0.717) is 28.8 Å². The highest BCUT2D eigenvalue weighted by atomic mass is 32.1. The van der Waals surface area contributed by atoms with Gasteiger partial charge >= 0.3 is 0 Å². The van der Waals surface area contributed by atoms with Gasteiger partial charge in [0.25, 0.3) is 0 Å². The molecule has 7 atom stereocenters. The maximum Gasteiger partial charge on any atom is 0.0781 e. The molecule has 0 aromatic carbocycles. The number of nitrogens with one attached hydrogen (secondary N) is 1. The molecule has 1 heterocycles. The molecule has 0 radical (unpaired) electrons. The van der Waals surface area contributed by atoms with Gasteiger partial charge in [-0.05, 0) is 114 Å². The second-order valence-electron chi connectivity index (χ2n) is 14.2. The summed E-state index contributed by atoms with van der Waals surface area (Å²) in [4.78, 5) is 8.90. The lowest BCUT2D eigenvalue weighted by molar-refractivity contribution is -0.0417. The van der Waals surface area contributed by atoms with Crippen LogP contribution in [0.5, 0.6) is 0 Å². The Morgan fingerprint density at radius 3 is 2.59 bits per heavy atom. The molecule has 39 heavy (non-hydrogen) atoms. The van der Waals surface area contributed by atoms with Crippen molar-refractivity contribution >= 4 is 22.8 Å². The van der Waals surface area contributed by atoms with Gasteiger partial charge in [-0.15, -0.1) is 0 Å². The van der Waals surface area contributed by atoms with Gasteiger partial charge in [0.2, 0.25) is 0 Å². The number of hydrogen-bond acceptors (Lipinski definition) is 4. The van der Waals surface area contributed by atoms with Gasteiger partial charge in [0.15, 0.2) is 0 Å². The van der Waals surface area contributed by atoms with Crippen molar-refractivity contribution in [2.24, 2.45) is 39.5 Å². The topological polar surface area (TPSA) is 27.6 Å². The average Bonchev–Trinajstić information content (AvgIpc) is 3.45. The Kier molecular flexibility index (Phi) is 9.38. The van der Waals surface area contributed by atoms with Crippen molar-refractivity contribution in [1.29, 1.82) is 0 Å². The molecule has 1 saturated heterocycles. The first-order valence-corrected chi connectivity index (χ1v) is 16.1. The van der Waals surface area contributed by atoms with E-state index in [0.717, 1.165) is 55.9 Å². The van der Waals surface area contributed by atoms with Crippen LogP contribution in [0.25, 0.3) is 0 Å². The fourth-order valence-electron chi connectivity index (χ4n) is 9.72. The highest BCUT2D eigenvalue weighted by Crippen LogP contribution is 2.67. The van der Waals surface area contributed by atoms with E-state index in [1.807, 2.05) is 0 Å². The summed E-state index contributed by atoms with van der Waals surface area (Å²) in [5, 5.41) is 3.56. The number of thiocarbonyl (C=S) groups is 1. The third kappa shape index (κ3) is 5.63. The van der Waals surface area contributed by atoms with E-state index >= 15 is 0 Å². The van der Waals surface area contributed by atoms with Gasteiger partial charge in [-0.1, -0.05) is 63.9 Å². The zero-order valence-corrected chi connectivity index (χ0v) is 25.8. The Balaban J connectivity index is 0.00000353. The summed E-state index contributed by atoms with van der Waals surface area (Å²) < 4.78 is 0. The van der Waals surface area contributed by atoms with Crippen LogP contribution in [-0.4, -0.2) is 47.2 Å². The lowest BCUT2D eigenvalue weighted by atomic mass is 9.46. The van der Waals surface area contributed by atoms with Crippen LogP contribution in [0.4, 0.5) is 0 Å². The number of allylic oxidation sites excluding steroid dienone is 3. The Labute approximate surface area is 246 Å². The molecule has 0 bridgehead atoms. The summed E-state index contributed by atoms with van der Waals surface area (Å²) in [5.74, 6) is 3.25. The van der Waals surface area contributed by atoms with Crippen LogP contribution in [0, 0.1) is 34.5 Å². The van der Waals surface area contributed by atoms with Crippen LogP contribution in [-0.2, 0) is 0 Å². The van der Waals surface area contributed by atoms with Crippen molar-refractivity contribution in [1.82, 2.24) is 10.2 Å². The second kappa shape index (κ2) is 11.9. The molecule has 5 aliphatic rings. The SMILES string of the molecule is C.C=C1C=C2CCC3C(CCC4(C)C(C(C)=NCC(=C)N(CCC5NCCC5=S)C(C)C)CCC34)C2(C)CC1. The first kappa shape index (κ1) is 30.7. The van der Waals surface area contributed by atoms with E-state index in [2.05, 4.69) is 64.1 Å². The van der Waals surface area contributed by atoms with Gasteiger partial charge in [0, 0.05) is 47.4 Å². The van der Waals surface area contributed by atoms with Crippen molar-refractivity contribution in [3.63, 3.8) is 0 Å². The van der Waals surface area contributed by atoms with Gasteiger partial charge in [-0.3, -0.25) is 4.99 Å². The molecule has 4 heteroatoms. The second-order valence-corrected chi connectivity index (χ2v) is 14.7. The number of nitrogens with zero attached hydrogens (tertiary/aromatic N) is 2. The summed E-state index contributed by atoms with van der Waals surface area (Å²) in [6.07, 6.45) is 15.3. The minimum absolute atomic E-state index is 0. The quantitative estimate of drug-likeness (QED) is 0.242. The fourth-order valence-corrected chi connectivity index (χ4v) is 10.0. The van der Waals surface area contributed by atoms with E-state index in [9.17, 15) is 0 Å².